The summed E-state index contributed by atoms with van der Waals surface area (Å²) in [6.45, 7) is 27.9. The van der Waals surface area contributed by atoms with Gasteiger partial charge in [0.15, 0.2) is 0 Å². The summed E-state index contributed by atoms with van der Waals surface area (Å²) in [6, 6.07) is 1.78. The molecule has 2 aliphatic rings. The number of carbonyl (C=O) groups excluding carboxylic acids is 3. The maximum absolute atomic E-state index is 13.9. The van der Waals surface area contributed by atoms with Crippen molar-refractivity contribution < 1.29 is 33.0 Å². The van der Waals surface area contributed by atoms with Crippen LogP contribution in [-0.4, -0.2) is 67.5 Å². The third kappa shape index (κ3) is 7.90. The zero-order valence-corrected chi connectivity index (χ0v) is 29.7. The number of piperidine rings is 1. The molecule has 0 saturated carbocycles. The summed E-state index contributed by atoms with van der Waals surface area (Å²) in [6.07, 6.45) is 1.26. The van der Waals surface area contributed by atoms with E-state index in [2.05, 4.69) is 44.1 Å². The molecule has 0 aromatic carbocycles. The van der Waals surface area contributed by atoms with E-state index >= 15 is 0 Å². The lowest BCUT2D eigenvalue weighted by Crippen LogP contribution is -2.51. The van der Waals surface area contributed by atoms with Crippen LogP contribution in [0.1, 0.15) is 90.0 Å². The maximum Gasteiger partial charge on any atom is 0.424 e. The van der Waals surface area contributed by atoms with Gasteiger partial charge in [-0.25, -0.2) is 9.59 Å². The van der Waals surface area contributed by atoms with Crippen LogP contribution in [0.4, 0.5) is 21.0 Å². The van der Waals surface area contributed by atoms with Crippen LogP contribution in [0.3, 0.4) is 0 Å². The number of ether oxygens (including phenoxy) is 3. The van der Waals surface area contributed by atoms with Crippen LogP contribution in [0.15, 0.2) is 18.5 Å². The summed E-state index contributed by atoms with van der Waals surface area (Å²) in [4.78, 5) is 48.3. The lowest BCUT2D eigenvalue weighted by Gasteiger charge is -2.42. The van der Waals surface area contributed by atoms with Crippen molar-refractivity contribution in [2.75, 3.05) is 22.9 Å². The Balaban J connectivity index is 2.10. The van der Waals surface area contributed by atoms with Gasteiger partial charge in [-0.1, -0.05) is 27.7 Å². The third-order valence-electron chi connectivity index (χ3n) is 7.99. The van der Waals surface area contributed by atoms with Crippen molar-refractivity contribution in [3.63, 3.8) is 0 Å². The first-order chi connectivity index (χ1) is 19.3. The summed E-state index contributed by atoms with van der Waals surface area (Å²) in [5.74, 6) is -0.317. The first-order valence-corrected chi connectivity index (χ1v) is 17.7. The molecule has 2 amide bonds. The average Bonchev–Trinajstić information content (AvgIpc) is 3.10. The van der Waals surface area contributed by atoms with E-state index in [9.17, 15) is 14.4 Å². The lowest BCUT2D eigenvalue weighted by molar-refractivity contribution is -0.156. The number of carbonyl (C=O) groups is 3. The number of anilines is 2. The number of hydrogen-bond acceptors (Lipinski definition) is 9. The fourth-order valence-corrected chi connectivity index (χ4v) is 9.91. The molecule has 2 aliphatic heterocycles. The first-order valence-electron chi connectivity index (χ1n) is 15.2. The molecule has 2 saturated heterocycles. The normalized spacial score (nSPS) is 26.4. The molecule has 3 rings (SSSR count). The van der Waals surface area contributed by atoms with E-state index in [0.29, 0.717) is 18.8 Å². The number of hydrogen-bond donors (Lipinski definition) is 0. The summed E-state index contributed by atoms with van der Waals surface area (Å²) in [5, 5.41) is -0.220. The zero-order chi connectivity index (χ0) is 32.9. The average molecular weight is 620 g/mol. The Morgan fingerprint density at radius 1 is 0.884 bits per heavy atom. The van der Waals surface area contributed by atoms with Crippen LogP contribution >= 0.6 is 0 Å². The molecule has 2 fully saturated rings. The van der Waals surface area contributed by atoms with Crippen LogP contribution < -0.4 is 9.80 Å². The zero-order valence-electron chi connectivity index (χ0n) is 28.7. The second kappa shape index (κ2) is 11.7. The Hall–Kier alpha value is -2.66. The van der Waals surface area contributed by atoms with Crippen molar-refractivity contribution in [3.05, 3.63) is 18.5 Å². The molecule has 43 heavy (non-hydrogen) atoms. The van der Waals surface area contributed by atoms with Gasteiger partial charge in [0.25, 0.3) is 0 Å². The molecule has 0 radical (unpaired) electrons. The van der Waals surface area contributed by atoms with Gasteiger partial charge in [-0.05, 0) is 85.9 Å². The van der Waals surface area contributed by atoms with Gasteiger partial charge in [-0.3, -0.25) is 9.78 Å². The van der Waals surface area contributed by atoms with E-state index < -0.39 is 42.8 Å². The quantitative estimate of drug-likeness (QED) is 0.195. The van der Waals surface area contributed by atoms with Crippen LogP contribution in [0.25, 0.3) is 0 Å². The maximum atomic E-state index is 13.9. The fourth-order valence-electron chi connectivity index (χ4n) is 5.88. The summed E-state index contributed by atoms with van der Waals surface area (Å²) in [5.41, 5.74) is -1.87. The standard InChI is InChI=1S/C32H53N3O7Si/c1-20-18-34(19-21-24(20)42-43(14,32(11,12)13)25(21)26(36)39-29(2,3)4)22-15-16-33-17-23(22)35(27(37)40-30(5,6)7)28(38)41-31(8,9)10/h15-17,20-21,24-25H,18-19H2,1-14H3/t20-,21+,24+,25?,43?/m0/s1. The van der Waals surface area contributed by atoms with Crippen LogP contribution in [0, 0.1) is 11.8 Å². The molecule has 1 aromatic rings. The van der Waals surface area contributed by atoms with Crippen molar-refractivity contribution in [2.24, 2.45) is 11.8 Å². The lowest BCUT2D eigenvalue weighted by atomic mass is 9.84. The van der Waals surface area contributed by atoms with Crippen molar-refractivity contribution in [1.29, 1.82) is 0 Å². The van der Waals surface area contributed by atoms with Gasteiger partial charge < -0.3 is 23.5 Å². The van der Waals surface area contributed by atoms with Crippen molar-refractivity contribution >= 4 is 37.8 Å². The van der Waals surface area contributed by atoms with Gasteiger partial charge >= 0.3 is 18.2 Å². The first kappa shape index (κ1) is 34.8. The molecule has 1 aromatic heterocycles. The van der Waals surface area contributed by atoms with E-state index in [1.165, 1.54) is 6.20 Å². The topological polar surface area (TPSA) is 108 Å². The highest BCUT2D eigenvalue weighted by Gasteiger charge is 2.65. The number of nitrogens with zero attached hydrogens (tertiary/aromatic N) is 3. The Labute approximate surface area is 258 Å². The molecule has 242 valence electrons. The van der Waals surface area contributed by atoms with Gasteiger partial charge in [-0.2, -0.15) is 4.90 Å². The predicted octanol–water partition coefficient (Wildman–Crippen LogP) is 7.32. The van der Waals surface area contributed by atoms with Gasteiger partial charge in [-0.15, -0.1) is 0 Å². The predicted molar refractivity (Wildman–Crippen MR) is 170 cm³/mol. The minimum Gasteiger partial charge on any atom is -0.460 e. The van der Waals surface area contributed by atoms with Crippen LogP contribution in [0.5, 0.6) is 0 Å². The highest BCUT2D eigenvalue weighted by atomic mass is 28.4. The summed E-state index contributed by atoms with van der Waals surface area (Å²) < 4.78 is 24.3. The van der Waals surface area contributed by atoms with Crippen LogP contribution in [0.2, 0.25) is 17.1 Å². The van der Waals surface area contributed by atoms with Crippen LogP contribution in [-0.2, 0) is 23.4 Å². The highest BCUT2D eigenvalue weighted by Crippen LogP contribution is 2.57. The molecule has 3 heterocycles. The molecule has 5 atom stereocenters. The number of aromatic nitrogens is 1. The Morgan fingerprint density at radius 2 is 1.40 bits per heavy atom. The number of rotatable bonds is 3. The van der Waals surface area contributed by atoms with Crippen molar-refractivity contribution in [1.82, 2.24) is 4.98 Å². The Bertz CT molecular complexity index is 1180. The van der Waals surface area contributed by atoms with Crippen molar-refractivity contribution in [2.45, 2.75) is 130 Å². The Kier molecular flexibility index (Phi) is 9.46. The molecule has 0 spiro atoms. The minimum atomic E-state index is -2.68. The third-order valence-corrected chi connectivity index (χ3v) is 13.6. The van der Waals surface area contributed by atoms with Gasteiger partial charge in [0.05, 0.1) is 23.5 Å². The second-order valence-corrected chi connectivity index (χ2v) is 20.7. The van der Waals surface area contributed by atoms with Gasteiger partial charge in [0.2, 0.25) is 8.32 Å². The monoisotopic (exact) mass is 619 g/mol. The number of fused-ring (bicyclic) bond motifs is 1. The second-order valence-electron chi connectivity index (χ2n) is 16.2. The van der Waals surface area contributed by atoms with E-state index in [-0.39, 0.29) is 34.6 Å². The molecule has 10 nitrogen and oxygen atoms in total. The summed E-state index contributed by atoms with van der Waals surface area (Å²) >= 11 is 0. The fraction of sp³-hybridized carbons (Fsp3) is 0.750. The molecule has 2 unspecified atom stereocenters. The molecule has 0 N–H and O–H groups in total. The van der Waals surface area contributed by atoms with Gasteiger partial charge in [0.1, 0.15) is 22.5 Å². The van der Waals surface area contributed by atoms with E-state index in [0.717, 1.165) is 4.90 Å². The SMILES string of the molecule is C[C@H]1CN(c2ccncc2N(C(=O)OC(C)(C)C)C(=O)OC(C)(C)C)C[C@H]2C(C(=O)OC(C)(C)C)[Si](C)(C(C)(C)C)O[C@H]12. The number of esters is 1. The van der Waals surface area contributed by atoms with E-state index in [1.54, 1.807) is 53.8 Å². The minimum absolute atomic E-state index is 0.0536. The molecular formula is C32H53N3O7Si. The largest absolute Gasteiger partial charge is 0.460 e. The smallest absolute Gasteiger partial charge is 0.424 e. The molecular weight excluding hydrogens is 566 g/mol. The number of amides is 2. The van der Waals surface area contributed by atoms with Gasteiger partial charge in [0, 0.05) is 25.2 Å². The Morgan fingerprint density at radius 3 is 1.86 bits per heavy atom. The number of pyridine rings is 1. The highest BCUT2D eigenvalue weighted by molar-refractivity contribution is 6.80. The van der Waals surface area contributed by atoms with E-state index in [4.69, 9.17) is 18.6 Å². The molecule has 0 bridgehead atoms. The van der Waals surface area contributed by atoms with Crippen molar-refractivity contribution in [3.8, 4) is 0 Å². The molecule has 0 aliphatic carbocycles. The number of imide groups is 1. The summed E-state index contributed by atoms with van der Waals surface area (Å²) in [7, 11) is -2.68. The van der Waals surface area contributed by atoms with E-state index in [1.807, 2.05) is 20.8 Å². The molecule has 11 heteroatoms.